The van der Waals surface area contributed by atoms with Crippen molar-refractivity contribution in [1.82, 2.24) is 19.3 Å². The molecule has 2 aromatic carbocycles. The summed E-state index contributed by atoms with van der Waals surface area (Å²) in [5, 5.41) is 0.960. The molecule has 0 spiro atoms. The van der Waals surface area contributed by atoms with Gasteiger partial charge in [-0.2, -0.15) is 0 Å². The van der Waals surface area contributed by atoms with E-state index in [1.807, 2.05) is 24.3 Å². The van der Waals surface area contributed by atoms with Crippen LogP contribution in [0, 0.1) is 0 Å². The Morgan fingerprint density at radius 3 is 2.51 bits per heavy atom. The second kappa shape index (κ2) is 11.1. The molecule has 0 aliphatic rings. The van der Waals surface area contributed by atoms with E-state index in [0.29, 0.717) is 24.5 Å². The zero-order chi connectivity index (χ0) is 26.6. The highest BCUT2D eigenvalue weighted by molar-refractivity contribution is 7.89. The maximum Gasteiger partial charge on any atom is 0.270 e. The minimum atomic E-state index is -3.84. The molecule has 0 radical (unpaired) electrons. The number of imidazole rings is 1. The molecule has 8 nitrogen and oxygen atoms in total. The number of benzene rings is 2. The lowest BCUT2D eigenvalue weighted by molar-refractivity contribution is 0.0174. The third kappa shape index (κ3) is 6.06. The molecule has 2 aromatic heterocycles. The summed E-state index contributed by atoms with van der Waals surface area (Å²) in [5.74, 6) is -1.74. The molecule has 37 heavy (non-hydrogen) atoms. The Balaban J connectivity index is 1.40. The largest absolute Gasteiger partial charge is 0.382 e. The molecule has 0 atom stereocenters. The second-order valence-corrected chi connectivity index (χ2v) is 10.7. The summed E-state index contributed by atoms with van der Waals surface area (Å²) in [6.07, 6.45) is 2.80. The Bertz CT molecular complexity index is 1480. The first kappa shape index (κ1) is 26.9. The number of hydrogen-bond donors (Lipinski definition) is 2. The van der Waals surface area contributed by atoms with Gasteiger partial charge in [-0.1, -0.05) is 43.7 Å². The summed E-state index contributed by atoms with van der Waals surface area (Å²) in [6.45, 7) is 3.92. The smallest absolute Gasteiger partial charge is 0.270 e. The van der Waals surface area contributed by atoms with Crippen LogP contribution in [0.3, 0.4) is 0 Å². The number of unbranched alkanes of at least 4 members (excludes halogenated alkanes) is 1. The lowest BCUT2D eigenvalue weighted by atomic mass is 10.1. The summed E-state index contributed by atoms with van der Waals surface area (Å²) in [4.78, 5) is 9.20. The summed E-state index contributed by atoms with van der Waals surface area (Å²) < 4.78 is 62.0. The molecule has 0 aliphatic heterocycles. The number of rotatable bonds is 12. The molecule has 0 fully saturated rings. The standard InChI is InChI=1S/C26H31F2N5O3S/c1-3-4-9-22-32-23-24(20-7-5-6-8-21(20)31-25(23)29)33(22)15-17-36-16-14-30-37(34,35)19-12-10-18(11-13-19)26(2,27)28/h5-8,10-13,30H,3-4,9,14-17H2,1-2H3,(H2,29,31). The number of halogens is 2. The van der Waals surface area contributed by atoms with Crippen molar-refractivity contribution in [2.24, 2.45) is 0 Å². The minimum Gasteiger partial charge on any atom is -0.382 e. The molecule has 0 saturated heterocycles. The third-order valence-corrected chi connectivity index (χ3v) is 7.59. The van der Waals surface area contributed by atoms with Gasteiger partial charge in [0.1, 0.15) is 11.3 Å². The first-order valence-corrected chi connectivity index (χ1v) is 13.7. The van der Waals surface area contributed by atoms with E-state index in [1.165, 1.54) is 12.1 Å². The van der Waals surface area contributed by atoms with Gasteiger partial charge in [0, 0.05) is 37.4 Å². The fourth-order valence-corrected chi connectivity index (χ4v) is 5.20. The lowest BCUT2D eigenvalue weighted by Gasteiger charge is -2.13. The van der Waals surface area contributed by atoms with Crippen LogP contribution in [0.2, 0.25) is 0 Å². The normalized spacial score (nSPS) is 12.5. The topological polar surface area (TPSA) is 112 Å². The monoisotopic (exact) mass is 531 g/mol. The van der Waals surface area contributed by atoms with E-state index in [1.54, 1.807) is 0 Å². The van der Waals surface area contributed by atoms with Gasteiger partial charge in [-0.05, 0) is 24.6 Å². The quantitative estimate of drug-likeness (QED) is 0.258. The zero-order valence-corrected chi connectivity index (χ0v) is 21.7. The first-order chi connectivity index (χ1) is 17.6. The fraction of sp³-hybridized carbons (Fsp3) is 0.385. The predicted molar refractivity (Wildman–Crippen MR) is 140 cm³/mol. The van der Waals surface area contributed by atoms with E-state index in [-0.39, 0.29) is 23.6 Å². The van der Waals surface area contributed by atoms with Crippen LogP contribution < -0.4 is 10.5 Å². The van der Waals surface area contributed by atoms with Gasteiger partial charge in [0.05, 0.1) is 29.1 Å². The van der Waals surface area contributed by atoms with E-state index in [0.717, 1.165) is 60.6 Å². The third-order valence-electron chi connectivity index (χ3n) is 6.11. The molecule has 11 heteroatoms. The number of ether oxygens (including phenoxy) is 1. The van der Waals surface area contributed by atoms with Crippen molar-refractivity contribution in [3.05, 3.63) is 59.9 Å². The van der Waals surface area contributed by atoms with Crippen molar-refractivity contribution < 1.29 is 21.9 Å². The molecule has 4 rings (SSSR count). The highest BCUT2D eigenvalue weighted by atomic mass is 32.2. The van der Waals surface area contributed by atoms with Crippen LogP contribution in [-0.4, -0.2) is 42.7 Å². The summed E-state index contributed by atoms with van der Waals surface area (Å²) >= 11 is 0. The Kier molecular flexibility index (Phi) is 8.05. The molecule has 198 valence electrons. The first-order valence-electron chi connectivity index (χ1n) is 12.2. The number of pyridine rings is 1. The number of sulfonamides is 1. The lowest BCUT2D eigenvalue weighted by Crippen LogP contribution is -2.28. The molecule has 3 N–H and O–H groups in total. The maximum absolute atomic E-state index is 13.4. The number of hydrogen-bond acceptors (Lipinski definition) is 6. The molecule has 0 amide bonds. The Morgan fingerprint density at radius 1 is 1.08 bits per heavy atom. The molecule has 0 unspecified atom stereocenters. The number of nitrogens with zero attached hydrogens (tertiary/aromatic N) is 3. The van der Waals surface area contributed by atoms with E-state index in [4.69, 9.17) is 15.5 Å². The molecule has 0 saturated carbocycles. The number of anilines is 1. The Hall–Kier alpha value is -3.15. The van der Waals surface area contributed by atoms with Gasteiger partial charge in [0.15, 0.2) is 5.82 Å². The molecule has 2 heterocycles. The van der Waals surface area contributed by atoms with E-state index < -0.39 is 15.9 Å². The van der Waals surface area contributed by atoms with Gasteiger partial charge >= 0.3 is 0 Å². The number of fused-ring (bicyclic) bond motifs is 3. The number of nitrogens with two attached hydrogens (primary N) is 1. The van der Waals surface area contributed by atoms with Gasteiger partial charge in [0.2, 0.25) is 10.0 Å². The van der Waals surface area contributed by atoms with E-state index in [9.17, 15) is 17.2 Å². The summed E-state index contributed by atoms with van der Waals surface area (Å²) in [7, 11) is -3.84. The molecule has 0 bridgehead atoms. The van der Waals surface area contributed by atoms with Gasteiger partial charge in [0.25, 0.3) is 5.92 Å². The number of nitrogens with one attached hydrogen (secondary N) is 1. The highest BCUT2D eigenvalue weighted by Crippen LogP contribution is 2.29. The van der Waals surface area contributed by atoms with Crippen LogP contribution in [0.1, 0.15) is 38.1 Å². The van der Waals surface area contributed by atoms with Crippen molar-refractivity contribution in [3.8, 4) is 0 Å². The van der Waals surface area contributed by atoms with E-state index >= 15 is 0 Å². The average molecular weight is 532 g/mol. The molecule has 4 aromatic rings. The highest BCUT2D eigenvalue weighted by Gasteiger charge is 2.25. The van der Waals surface area contributed by atoms with Crippen molar-refractivity contribution in [2.75, 3.05) is 25.5 Å². The van der Waals surface area contributed by atoms with Crippen LogP contribution >= 0.6 is 0 Å². The summed E-state index contributed by atoms with van der Waals surface area (Å²) in [5.41, 5.74) is 8.36. The minimum absolute atomic E-state index is 0.0428. The zero-order valence-electron chi connectivity index (χ0n) is 20.9. The van der Waals surface area contributed by atoms with Crippen molar-refractivity contribution >= 4 is 37.8 Å². The van der Waals surface area contributed by atoms with Gasteiger partial charge in [-0.15, -0.1) is 0 Å². The van der Waals surface area contributed by atoms with Crippen LogP contribution in [0.5, 0.6) is 0 Å². The molecular formula is C26H31F2N5O3S. The van der Waals surface area contributed by atoms with E-state index in [2.05, 4.69) is 21.2 Å². The van der Waals surface area contributed by atoms with Gasteiger partial charge in [-0.3, -0.25) is 0 Å². The number of nitrogen functional groups attached to an aromatic ring is 1. The van der Waals surface area contributed by atoms with Crippen molar-refractivity contribution in [3.63, 3.8) is 0 Å². The molecular weight excluding hydrogens is 500 g/mol. The maximum atomic E-state index is 13.4. The number of para-hydroxylation sites is 1. The predicted octanol–water partition coefficient (Wildman–Crippen LogP) is 4.62. The van der Waals surface area contributed by atoms with Gasteiger partial charge < -0.3 is 15.0 Å². The van der Waals surface area contributed by atoms with Crippen LogP contribution in [0.25, 0.3) is 21.9 Å². The van der Waals surface area contributed by atoms with Crippen LogP contribution in [0.15, 0.2) is 53.4 Å². The average Bonchev–Trinajstić information content (AvgIpc) is 3.23. The number of aromatic nitrogens is 3. The second-order valence-electron chi connectivity index (χ2n) is 8.92. The SMILES string of the molecule is CCCCc1nc2c(N)nc3ccccc3c2n1CCOCCNS(=O)(=O)c1ccc(C(C)(F)F)cc1. The summed E-state index contributed by atoms with van der Waals surface area (Å²) in [6, 6.07) is 12.3. The van der Waals surface area contributed by atoms with Crippen LogP contribution in [-0.2, 0) is 33.6 Å². The van der Waals surface area contributed by atoms with Crippen molar-refractivity contribution in [2.45, 2.75) is 50.5 Å². The molecule has 0 aliphatic carbocycles. The van der Waals surface area contributed by atoms with Gasteiger partial charge in [-0.25, -0.2) is 31.9 Å². The van der Waals surface area contributed by atoms with Crippen LogP contribution in [0.4, 0.5) is 14.6 Å². The van der Waals surface area contributed by atoms with Crippen molar-refractivity contribution in [1.29, 1.82) is 0 Å². The Labute approximate surface area is 214 Å². The fourth-order valence-electron chi connectivity index (χ4n) is 4.19. The number of aryl methyl sites for hydroxylation is 1. The number of alkyl halides is 2. The Morgan fingerprint density at radius 2 is 1.81 bits per heavy atom.